The zero-order valence-corrected chi connectivity index (χ0v) is 16.5. The lowest BCUT2D eigenvalue weighted by molar-refractivity contribution is 0.415. The molecule has 0 aliphatic rings. The Morgan fingerprint density at radius 2 is 1.59 bits per heavy atom. The van der Waals surface area contributed by atoms with E-state index < -0.39 is 0 Å². The molecule has 0 amide bonds. The first-order valence-corrected chi connectivity index (χ1v) is 9.25. The SMILES string of the molecule is COc1ccccc1N(c1ccc(C)cc1)c1oc2ccc(C)cc2c1S. The van der Waals surface area contributed by atoms with Gasteiger partial charge in [-0.15, -0.1) is 12.6 Å². The molecule has 0 saturated heterocycles. The third kappa shape index (κ3) is 3.17. The van der Waals surface area contributed by atoms with Crippen molar-refractivity contribution in [1.82, 2.24) is 0 Å². The monoisotopic (exact) mass is 375 g/mol. The maximum absolute atomic E-state index is 6.25. The van der Waals surface area contributed by atoms with E-state index >= 15 is 0 Å². The first kappa shape index (κ1) is 17.6. The van der Waals surface area contributed by atoms with Gasteiger partial charge in [-0.25, -0.2) is 0 Å². The fourth-order valence-corrected chi connectivity index (χ4v) is 3.53. The van der Waals surface area contributed by atoms with Crippen LogP contribution in [0, 0.1) is 13.8 Å². The first-order valence-electron chi connectivity index (χ1n) is 8.80. The van der Waals surface area contributed by atoms with Crippen LogP contribution in [0.3, 0.4) is 0 Å². The maximum Gasteiger partial charge on any atom is 0.219 e. The number of hydrogen-bond acceptors (Lipinski definition) is 4. The molecule has 0 aliphatic carbocycles. The largest absolute Gasteiger partial charge is 0.495 e. The average Bonchev–Trinajstić information content (AvgIpc) is 3.00. The predicted molar refractivity (Wildman–Crippen MR) is 114 cm³/mol. The minimum absolute atomic E-state index is 0.673. The molecule has 1 aromatic heterocycles. The summed E-state index contributed by atoms with van der Waals surface area (Å²) >= 11 is 4.81. The molecule has 27 heavy (non-hydrogen) atoms. The van der Waals surface area contributed by atoms with Gasteiger partial charge in [0, 0.05) is 11.1 Å². The average molecular weight is 375 g/mol. The minimum atomic E-state index is 0.673. The first-order chi connectivity index (χ1) is 13.1. The number of nitrogens with zero attached hydrogens (tertiary/aromatic N) is 1. The molecule has 0 aliphatic heterocycles. The number of hydrogen-bond donors (Lipinski definition) is 1. The molecule has 0 radical (unpaired) electrons. The van der Waals surface area contributed by atoms with Gasteiger partial charge in [-0.1, -0.05) is 41.5 Å². The highest BCUT2D eigenvalue weighted by molar-refractivity contribution is 7.80. The molecular weight excluding hydrogens is 354 g/mol. The van der Waals surface area contributed by atoms with E-state index in [4.69, 9.17) is 21.8 Å². The summed E-state index contributed by atoms with van der Waals surface area (Å²) in [6.07, 6.45) is 0. The lowest BCUT2D eigenvalue weighted by atomic mass is 10.1. The van der Waals surface area contributed by atoms with Gasteiger partial charge in [-0.2, -0.15) is 0 Å². The molecule has 0 N–H and O–H groups in total. The normalized spacial score (nSPS) is 11.0. The number of fused-ring (bicyclic) bond motifs is 1. The summed E-state index contributed by atoms with van der Waals surface area (Å²) in [6.45, 7) is 4.14. The molecule has 1 heterocycles. The van der Waals surface area contributed by atoms with E-state index in [0.717, 1.165) is 33.0 Å². The summed E-state index contributed by atoms with van der Waals surface area (Å²) in [6, 6.07) is 22.4. The number of anilines is 3. The third-order valence-electron chi connectivity index (χ3n) is 4.62. The van der Waals surface area contributed by atoms with Crippen molar-refractivity contribution >= 4 is 40.9 Å². The van der Waals surface area contributed by atoms with Gasteiger partial charge in [0.1, 0.15) is 11.3 Å². The molecule has 0 unspecified atom stereocenters. The van der Waals surface area contributed by atoms with Gasteiger partial charge in [0.05, 0.1) is 17.7 Å². The number of ether oxygens (including phenoxy) is 1. The van der Waals surface area contributed by atoms with Crippen LogP contribution in [0.25, 0.3) is 11.0 Å². The van der Waals surface area contributed by atoms with Crippen LogP contribution >= 0.6 is 12.6 Å². The predicted octanol–water partition coefficient (Wildman–Crippen LogP) is 6.82. The fourth-order valence-electron chi connectivity index (χ4n) is 3.21. The Bertz CT molecular complexity index is 1100. The summed E-state index contributed by atoms with van der Waals surface area (Å²) < 4.78 is 11.9. The highest BCUT2D eigenvalue weighted by atomic mass is 32.1. The highest BCUT2D eigenvalue weighted by Gasteiger charge is 2.23. The van der Waals surface area contributed by atoms with E-state index in [1.807, 2.05) is 36.4 Å². The molecule has 0 saturated carbocycles. The summed E-state index contributed by atoms with van der Waals surface area (Å²) in [5.74, 6) is 1.44. The van der Waals surface area contributed by atoms with Crippen molar-refractivity contribution in [2.45, 2.75) is 18.7 Å². The topological polar surface area (TPSA) is 25.6 Å². The van der Waals surface area contributed by atoms with Crippen LogP contribution in [0.5, 0.6) is 5.75 Å². The molecule has 4 heteroatoms. The van der Waals surface area contributed by atoms with Crippen molar-refractivity contribution in [2.75, 3.05) is 12.0 Å². The highest BCUT2D eigenvalue weighted by Crippen LogP contribution is 2.45. The van der Waals surface area contributed by atoms with E-state index in [-0.39, 0.29) is 0 Å². The number of thiol groups is 1. The molecule has 0 fully saturated rings. The quantitative estimate of drug-likeness (QED) is 0.396. The van der Waals surface area contributed by atoms with E-state index in [9.17, 15) is 0 Å². The Hall–Kier alpha value is -2.85. The molecule has 4 rings (SSSR count). The van der Waals surface area contributed by atoms with Crippen molar-refractivity contribution in [1.29, 1.82) is 0 Å². The van der Waals surface area contributed by atoms with Gasteiger partial charge >= 0.3 is 0 Å². The summed E-state index contributed by atoms with van der Waals surface area (Å²) in [5, 5.41) is 1.00. The van der Waals surface area contributed by atoms with Crippen LogP contribution in [0.15, 0.2) is 76.0 Å². The Kier molecular flexibility index (Phi) is 4.58. The molecule has 3 nitrogen and oxygen atoms in total. The third-order valence-corrected chi connectivity index (χ3v) is 5.05. The van der Waals surface area contributed by atoms with Crippen LogP contribution in [-0.2, 0) is 0 Å². The smallest absolute Gasteiger partial charge is 0.219 e. The van der Waals surface area contributed by atoms with Gasteiger partial charge < -0.3 is 9.15 Å². The Morgan fingerprint density at radius 1 is 0.889 bits per heavy atom. The number of benzene rings is 3. The molecule has 0 bridgehead atoms. The second kappa shape index (κ2) is 7.05. The summed E-state index contributed by atoms with van der Waals surface area (Å²) in [5.41, 5.74) is 5.06. The number of methoxy groups -OCH3 is 1. The summed E-state index contributed by atoms with van der Waals surface area (Å²) in [7, 11) is 1.68. The molecular formula is C23H21NO2S. The Labute approximate surface area is 164 Å². The fraction of sp³-hybridized carbons (Fsp3) is 0.130. The van der Waals surface area contributed by atoms with Crippen molar-refractivity contribution < 1.29 is 9.15 Å². The standard InChI is InChI=1S/C23H21NO2S/c1-15-8-11-17(12-9-15)24(19-6-4-5-7-21(19)25-3)23-22(27)18-14-16(2)10-13-20(18)26-23/h4-14,27H,1-3H3. The van der Waals surface area contributed by atoms with Crippen molar-refractivity contribution in [3.63, 3.8) is 0 Å². The Morgan fingerprint density at radius 3 is 2.33 bits per heavy atom. The molecule has 136 valence electrons. The lowest BCUT2D eigenvalue weighted by Crippen LogP contribution is -2.11. The summed E-state index contributed by atoms with van der Waals surface area (Å²) in [4.78, 5) is 2.86. The number of furan rings is 1. The van der Waals surface area contributed by atoms with Gasteiger partial charge in [0.2, 0.25) is 5.88 Å². The second-order valence-corrected chi connectivity index (χ2v) is 7.05. The minimum Gasteiger partial charge on any atom is -0.495 e. The lowest BCUT2D eigenvalue weighted by Gasteiger charge is -2.25. The number of para-hydroxylation sites is 2. The van der Waals surface area contributed by atoms with Crippen LogP contribution in [0.4, 0.5) is 17.3 Å². The van der Waals surface area contributed by atoms with Crippen molar-refractivity contribution in [3.05, 3.63) is 77.9 Å². The van der Waals surface area contributed by atoms with Crippen molar-refractivity contribution in [3.8, 4) is 5.75 Å². The number of rotatable bonds is 4. The Balaban J connectivity index is 1.98. The van der Waals surface area contributed by atoms with E-state index in [2.05, 4.69) is 49.1 Å². The zero-order chi connectivity index (χ0) is 19.0. The van der Waals surface area contributed by atoms with Crippen LogP contribution < -0.4 is 9.64 Å². The van der Waals surface area contributed by atoms with Gasteiger partial charge in [-0.3, -0.25) is 4.90 Å². The molecule has 4 aromatic rings. The zero-order valence-electron chi connectivity index (χ0n) is 15.6. The van der Waals surface area contributed by atoms with Crippen molar-refractivity contribution in [2.24, 2.45) is 0 Å². The van der Waals surface area contributed by atoms with Crippen LogP contribution in [0.1, 0.15) is 11.1 Å². The van der Waals surface area contributed by atoms with E-state index in [1.165, 1.54) is 11.1 Å². The maximum atomic E-state index is 6.25. The van der Waals surface area contributed by atoms with E-state index in [1.54, 1.807) is 7.11 Å². The van der Waals surface area contributed by atoms with Gasteiger partial charge in [0.15, 0.2) is 0 Å². The van der Waals surface area contributed by atoms with E-state index in [0.29, 0.717) is 5.88 Å². The van der Waals surface area contributed by atoms with Crippen LogP contribution in [0.2, 0.25) is 0 Å². The number of aryl methyl sites for hydroxylation is 2. The van der Waals surface area contributed by atoms with Gasteiger partial charge in [0.25, 0.3) is 0 Å². The molecule has 3 aromatic carbocycles. The molecule has 0 atom stereocenters. The molecule has 0 spiro atoms. The van der Waals surface area contributed by atoms with Crippen LogP contribution in [-0.4, -0.2) is 7.11 Å². The van der Waals surface area contributed by atoms with Gasteiger partial charge in [-0.05, 0) is 50.2 Å². The second-order valence-electron chi connectivity index (χ2n) is 6.60.